The first kappa shape index (κ1) is 20.3. The first-order chi connectivity index (χ1) is 14.1. The summed E-state index contributed by atoms with van der Waals surface area (Å²) in [7, 11) is 0. The predicted octanol–water partition coefficient (Wildman–Crippen LogP) is 1.14. The zero-order chi connectivity index (χ0) is 20.2. The molecule has 4 rings (SSSR count). The van der Waals surface area contributed by atoms with Gasteiger partial charge in [-0.25, -0.2) is 10.9 Å². The number of piperidine rings is 1. The molecule has 0 saturated carbocycles. The highest BCUT2D eigenvalue weighted by Crippen LogP contribution is 2.23. The van der Waals surface area contributed by atoms with E-state index in [1.807, 2.05) is 28.0 Å². The van der Waals surface area contributed by atoms with Gasteiger partial charge in [0.2, 0.25) is 11.8 Å². The van der Waals surface area contributed by atoms with Crippen molar-refractivity contribution < 1.29 is 9.59 Å². The molecule has 158 valence electrons. The Kier molecular flexibility index (Phi) is 6.47. The Balaban J connectivity index is 1.23. The first-order valence-corrected chi connectivity index (χ1v) is 11.0. The van der Waals surface area contributed by atoms with Crippen LogP contribution in [0, 0.1) is 0 Å². The zero-order valence-corrected chi connectivity index (χ0v) is 17.3. The van der Waals surface area contributed by atoms with E-state index >= 15 is 0 Å². The van der Waals surface area contributed by atoms with Crippen molar-refractivity contribution in [1.29, 1.82) is 0 Å². The maximum atomic E-state index is 12.9. The number of hydrogen-bond acceptors (Lipinski definition) is 5. The number of carbonyl (C=O) groups is 2. The number of carbonyl (C=O) groups excluding carboxylic acids is 2. The highest BCUT2D eigenvalue weighted by molar-refractivity contribution is 5.82. The molecule has 3 fully saturated rings. The number of piperazine rings is 1. The van der Waals surface area contributed by atoms with Crippen molar-refractivity contribution in [2.75, 3.05) is 39.3 Å². The van der Waals surface area contributed by atoms with Crippen LogP contribution in [0.25, 0.3) is 0 Å². The fraction of sp³-hybridized carbons (Fsp3) is 0.636. The Morgan fingerprint density at radius 2 is 1.76 bits per heavy atom. The molecule has 3 aliphatic heterocycles. The summed E-state index contributed by atoms with van der Waals surface area (Å²) in [5.74, 6) is 0.399. The van der Waals surface area contributed by atoms with Crippen LogP contribution in [0.4, 0.5) is 0 Å². The number of hydrazine groups is 1. The molecule has 0 bridgehead atoms. The second-order valence-electron chi connectivity index (χ2n) is 8.57. The molecule has 3 saturated heterocycles. The number of likely N-dealkylation sites (tertiary alicyclic amines) is 1. The first-order valence-electron chi connectivity index (χ1n) is 11.0. The van der Waals surface area contributed by atoms with Crippen LogP contribution in [-0.4, -0.2) is 77.9 Å². The molecule has 2 N–H and O–H groups in total. The van der Waals surface area contributed by atoms with Gasteiger partial charge in [0, 0.05) is 44.8 Å². The topological polar surface area (TPSA) is 67.9 Å². The summed E-state index contributed by atoms with van der Waals surface area (Å²) >= 11 is 0. The normalized spacial score (nSPS) is 28.5. The molecule has 29 heavy (non-hydrogen) atoms. The lowest BCUT2D eigenvalue weighted by molar-refractivity contribution is -0.137. The van der Waals surface area contributed by atoms with E-state index in [0.717, 1.165) is 38.9 Å². The van der Waals surface area contributed by atoms with E-state index in [9.17, 15) is 9.59 Å². The molecule has 3 atom stereocenters. The van der Waals surface area contributed by atoms with Crippen LogP contribution >= 0.6 is 0 Å². The lowest BCUT2D eigenvalue weighted by atomic mass is 10.0. The van der Waals surface area contributed by atoms with E-state index in [1.165, 1.54) is 12.0 Å². The average molecular weight is 400 g/mol. The molecule has 1 aromatic rings. The quantitative estimate of drug-likeness (QED) is 0.795. The molecule has 0 radical (unpaired) electrons. The average Bonchev–Trinajstić information content (AvgIpc) is 3.25. The van der Waals surface area contributed by atoms with Gasteiger partial charge in [0.1, 0.15) is 6.04 Å². The summed E-state index contributed by atoms with van der Waals surface area (Å²) in [5.41, 5.74) is 7.64. The van der Waals surface area contributed by atoms with Crippen LogP contribution in [-0.2, 0) is 9.59 Å². The monoisotopic (exact) mass is 399 g/mol. The van der Waals surface area contributed by atoms with Crippen molar-refractivity contribution in [3.8, 4) is 0 Å². The molecule has 1 aromatic carbocycles. The van der Waals surface area contributed by atoms with Gasteiger partial charge in [0.25, 0.3) is 0 Å². The van der Waals surface area contributed by atoms with Crippen LogP contribution < -0.4 is 10.9 Å². The molecule has 2 amide bonds. The SMILES string of the molecule is CC1CCCCN1C(=O)CN1CCN(C(=O)C2CC(c3ccccc3)NN2)CC1. The fourth-order valence-corrected chi connectivity index (χ4v) is 4.72. The summed E-state index contributed by atoms with van der Waals surface area (Å²) < 4.78 is 0. The minimum Gasteiger partial charge on any atom is -0.339 e. The summed E-state index contributed by atoms with van der Waals surface area (Å²) in [6, 6.07) is 10.6. The van der Waals surface area contributed by atoms with Gasteiger partial charge in [-0.2, -0.15) is 0 Å². The summed E-state index contributed by atoms with van der Waals surface area (Å²) in [6.45, 7) is 6.43. The van der Waals surface area contributed by atoms with E-state index in [1.54, 1.807) is 0 Å². The number of amides is 2. The maximum absolute atomic E-state index is 12.9. The largest absolute Gasteiger partial charge is 0.339 e. The lowest BCUT2D eigenvalue weighted by Gasteiger charge is -2.38. The molecule has 7 heteroatoms. The highest BCUT2D eigenvalue weighted by Gasteiger charge is 2.34. The number of benzene rings is 1. The molecular formula is C22H33N5O2. The molecule has 7 nitrogen and oxygen atoms in total. The molecule has 3 aliphatic rings. The zero-order valence-electron chi connectivity index (χ0n) is 17.3. The van der Waals surface area contributed by atoms with Crippen LogP contribution in [0.15, 0.2) is 30.3 Å². The van der Waals surface area contributed by atoms with Crippen molar-refractivity contribution >= 4 is 11.8 Å². The Bertz CT molecular complexity index is 704. The number of rotatable bonds is 4. The Labute approximate surface area is 173 Å². The van der Waals surface area contributed by atoms with Crippen LogP contribution in [0.2, 0.25) is 0 Å². The van der Waals surface area contributed by atoms with Gasteiger partial charge in [-0.1, -0.05) is 30.3 Å². The second-order valence-corrected chi connectivity index (χ2v) is 8.57. The van der Waals surface area contributed by atoms with Gasteiger partial charge in [-0.05, 0) is 38.2 Å². The van der Waals surface area contributed by atoms with Crippen molar-refractivity contribution in [2.45, 2.75) is 50.7 Å². The van der Waals surface area contributed by atoms with Gasteiger partial charge in [0.15, 0.2) is 0 Å². The molecule has 3 unspecified atom stereocenters. The van der Waals surface area contributed by atoms with Gasteiger partial charge in [-0.3, -0.25) is 14.5 Å². The van der Waals surface area contributed by atoms with E-state index in [0.29, 0.717) is 25.7 Å². The maximum Gasteiger partial charge on any atom is 0.241 e. The molecule has 0 aromatic heterocycles. The third-order valence-corrected chi connectivity index (χ3v) is 6.57. The van der Waals surface area contributed by atoms with E-state index in [-0.39, 0.29) is 23.9 Å². The summed E-state index contributed by atoms with van der Waals surface area (Å²) in [5, 5.41) is 0. The number of hydrogen-bond donors (Lipinski definition) is 2. The van der Waals surface area contributed by atoms with E-state index in [2.05, 4.69) is 34.8 Å². The highest BCUT2D eigenvalue weighted by atomic mass is 16.2. The summed E-state index contributed by atoms with van der Waals surface area (Å²) in [4.78, 5) is 31.8. The molecule has 0 aliphatic carbocycles. The van der Waals surface area contributed by atoms with Crippen LogP contribution in [0.1, 0.15) is 44.2 Å². The number of nitrogens with zero attached hydrogens (tertiary/aromatic N) is 3. The van der Waals surface area contributed by atoms with Gasteiger partial charge < -0.3 is 9.80 Å². The van der Waals surface area contributed by atoms with E-state index in [4.69, 9.17) is 0 Å². The molecular weight excluding hydrogens is 366 g/mol. The van der Waals surface area contributed by atoms with Gasteiger partial charge >= 0.3 is 0 Å². The predicted molar refractivity (Wildman–Crippen MR) is 112 cm³/mol. The van der Waals surface area contributed by atoms with Crippen molar-refractivity contribution in [3.05, 3.63) is 35.9 Å². The smallest absolute Gasteiger partial charge is 0.241 e. The minimum atomic E-state index is -0.192. The number of nitrogens with one attached hydrogen (secondary N) is 2. The lowest BCUT2D eigenvalue weighted by Crippen LogP contribution is -2.55. The van der Waals surface area contributed by atoms with Crippen LogP contribution in [0.5, 0.6) is 0 Å². The summed E-state index contributed by atoms with van der Waals surface area (Å²) in [6.07, 6.45) is 4.21. The van der Waals surface area contributed by atoms with Gasteiger partial charge in [0.05, 0.1) is 6.54 Å². The van der Waals surface area contributed by atoms with Crippen molar-refractivity contribution in [2.24, 2.45) is 0 Å². The standard InChI is InChI=1S/C22H33N5O2/c1-17-7-5-6-10-27(17)21(28)16-25-11-13-26(14-12-25)22(29)20-15-19(23-24-20)18-8-3-2-4-9-18/h2-4,8-9,17,19-20,23-24H,5-7,10-16H2,1H3. The molecule has 3 heterocycles. The van der Waals surface area contributed by atoms with Crippen molar-refractivity contribution in [3.63, 3.8) is 0 Å². The Morgan fingerprint density at radius 3 is 2.48 bits per heavy atom. The Morgan fingerprint density at radius 1 is 1.00 bits per heavy atom. The minimum absolute atomic E-state index is 0.159. The Hall–Kier alpha value is -1.96. The van der Waals surface area contributed by atoms with Crippen molar-refractivity contribution in [1.82, 2.24) is 25.6 Å². The third kappa shape index (κ3) is 4.79. The third-order valence-electron chi connectivity index (χ3n) is 6.57. The fourth-order valence-electron chi connectivity index (χ4n) is 4.72. The van der Waals surface area contributed by atoms with Crippen LogP contribution in [0.3, 0.4) is 0 Å². The second kappa shape index (κ2) is 9.24. The van der Waals surface area contributed by atoms with E-state index < -0.39 is 0 Å². The molecule has 0 spiro atoms. The van der Waals surface area contributed by atoms with Gasteiger partial charge in [-0.15, -0.1) is 0 Å².